The van der Waals surface area contributed by atoms with E-state index in [4.69, 9.17) is 11.1 Å². The molecule has 2 nitrogen and oxygen atoms in total. The summed E-state index contributed by atoms with van der Waals surface area (Å²) in [6.07, 6.45) is 14.7. The van der Waals surface area contributed by atoms with Crippen LogP contribution in [-0.2, 0) is 0 Å². The first kappa shape index (κ1) is 10.4. The van der Waals surface area contributed by atoms with Gasteiger partial charge in [-0.25, -0.2) is 0 Å². The van der Waals surface area contributed by atoms with Gasteiger partial charge in [0.2, 0.25) is 0 Å². The van der Waals surface area contributed by atoms with E-state index in [1.165, 1.54) is 5.57 Å². The Morgan fingerprint density at radius 3 is 2.80 bits per heavy atom. The molecule has 0 bridgehead atoms. The monoisotopic (exact) mass is 202 g/mol. The van der Waals surface area contributed by atoms with Gasteiger partial charge in [-0.2, -0.15) is 0 Å². The lowest BCUT2D eigenvalue weighted by atomic mass is 9.87. The fraction of sp³-hybridized carbons (Fsp3) is 0.462. The Morgan fingerprint density at radius 1 is 1.33 bits per heavy atom. The summed E-state index contributed by atoms with van der Waals surface area (Å²) in [4.78, 5) is 0. The lowest BCUT2D eigenvalue weighted by Gasteiger charge is -2.19. The van der Waals surface area contributed by atoms with Gasteiger partial charge >= 0.3 is 0 Å². The molecule has 2 unspecified atom stereocenters. The van der Waals surface area contributed by atoms with Gasteiger partial charge in [0.05, 0.1) is 0 Å². The molecule has 0 aromatic heterocycles. The highest BCUT2D eigenvalue weighted by Gasteiger charge is 2.13. The van der Waals surface area contributed by atoms with Crippen LogP contribution in [0.25, 0.3) is 0 Å². The second kappa shape index (κ2) is 4.58. The van der Waals surface area contributed by atoms with Gasteiger partial charge in [0, 0.05) is 11.8 Å². The standard InChI is InChI=1S/C13H18N2/c14-12-5-1-10(2-6-12)9-11-3-7-13(15)8-4-11/h1-3,5,7,11-12,15H,4,6,8-9,14H2. The third-order valence-corrected chi connectivity index (χ3v) is 3.06. The van der Waals surface area contributed by atoms with E-state index in [2.05, 4.69) is 24.3 Å². The summed E-state index contributed by atoms with van der Waals surface area (Å²) in [6.45, 7) is 0. The van der Waals surface area contributed by atoms with Crippen LogP contribution < -0.4 is 5.73 Å². The topological polar surface area (TPSA) is 49.9 Å². The van der Waals surface area contributed by atoms with Gasteiger partial charge in [0.1, 0.15) is 0 Å². The quantitative estimate of drug-likeness (QED) is 0.710. The van der Waals surface area contributed by atoms with Crippen LogP contribution in [0.15, 0.2) is 36.0 Å². The maximum absolute atomic E-state index is 7.49. The largest absolute Gasteiger partial charge is 0.324 e. The van der Waals surface area contributed by atoms with Gasteiger partial charge in [-0.15, -0.1) is 0 Å². The highest BCUT2D eigenvalue weighted by Crippen LogP contribution is 2.25. The van der Waals surface area contributed by atoms with Crippen molar-refractivity contribution in [3.8, 4) is 0 Å². The van der Waals surface area contributed by atoms with Gasteiger partial charge in [0.25, 0.3) is 0 Å². The fourth-order valence-corrected chi connectivity index (χ4v) is 2.08. The Morgan fingerprint density at radius 2 is 2.20 bits per heavy atom. The van der Waals surface area contributed by atoms with E-state index in [1.54, 1.807) is 0 Å². The molecule has 0 spiro atoms. The van der Waals surface area contributed by atoms with Crippen molar-refractivity contribution in [1.82, 2.24) is 0 Å². The molecule has 2 rings (SSSR count). The third-order valence-electron chi connectivity index (χ3n) is 3.06. The average Bonchev–Trinajstić information content (AvgIpc) is 2.25. The fourth-order valence-electron chi connectivity index (χ4n) is 2.08. The zero-order valence-electron chi connectivity index (χ0n) is 8.95. The van der Waals surface area contributed by atoms with Gasteiger partial charge in [-0.1, -0.05) is 29.9 Å². The van der Waals surface area contributed by atoms with Crippen LogP contribution in [0, 0.1) is 11.3 Å². The molecule has 2 heteroatoms. The number of allylic oxidation sites excluding steroid dienone is 4. The zero-order valence-corrected chi connectivity index (χ0v) is 8.95. The van der Waals surface area contributed by atoms with Crippen molar-refractivity contribution in [3.05, 3.63) is 36.0 Å². The molecule has 0 amide bonds. The minimum atomic E-state index is 0.212. The second-order valence-electron chi connectivity index (χ2n) is 4.42. The SMILES string of the molecule is N=C1C=CC(CC2=CCC(N)C=C2)CC1. The molecular formula is C13H18N2. The van der Waals surface area contributed by atoms with Gasteiger partial charge in [-0.3, -0.25) is 0 Å². The van der Waals surface area contributed by atoms with E-state index in [1.807, 2.05) is 6.08 Å². The van der Waals surface area contributed by atoms with Crippen LogP contribution in [0.1, 0.15) is 25.7 Å². The van der Waals surface area contributed by atoms with Crippen molar-refractivity contribution in [1.29, 1.82) is 5.41 Å². The number of hydrogen-bond acceptors (Lipinski definition) is 2. The molecular weight excluding hydrogens is 184 g/mol. The first-order valence-electron chi connectivity index (χ1n) is 5.62. The van der Waals surface area contributed by atoms with Crippen LogP contribution in [0.4, 0.5) is 0 Å². The molecule has 2 aliphatic rings. The zero-order chi connectivity index (χ0) is 10.7. The molecule has 3 N–H and O–H groups in total. The Bertz CT molecular complexity index is 336. The van der Waals surface area contributed by atoms with Crippen molar-refractivity contribution in [2.24, 2.45) is 11.7 Å². The molecule has 0 radical (unpaired) electrons. The van der Waals surface area contributed by atoms with Crippen molar-refractivity contribution in [3.63, 3.8) is 0 Å². The average molecular weight is 202 g/mol. The van der Waals surface area contributed by atoms with Crippen molar-refractivity contribution < 1.29 is 0 Å². The van der Waals surface area contributed by atoms with Crippen LogP contribution >= 0.6 is 0 Å². The van der Waals surface area contributed by atoms with Crippen molar-refractivity contribution >= 4 is 5.71 Å². The molecule has 0 aromatic rings. The first-order valence-corrected chi connectivity index (χ1v) is 5.62. The Kier molecular flexibility index (Phi) is 3.17. The Balaban J connectivity index is 1.90. The summed E-state index contributed by atoms with van der Waals surface area (Å²) >= 11 is 0. The maximum Gasteiger partial charge on any atom is 0.0311 e. The first-order chi connectivity index (χ1) is 7.24. The van der Waals surface area contributed by atoms with Gasteiger partial charge < -0.3 is 11.1 Å². The van der Waals surface area contributed by atoms with Crippen LogP contribution in [0.5, 0.6) is 0 Å². The summed E-state index contributed by atoms with van der Waals surface area (Å²) in [7, 11) is 0. The van der Waals surface area contributed by atoms with Crippen LogP contribution in [0.2, 0.25) is 0 Å². The molecule has 80 valence electrons. The molecule has 2 atom stereocenters. The highest BCUT2D eigenvalue weighted by molar-refractivity contribution is 5.92. The number of nitrogens with two attached hydrogens (primary N) is 1. The maximum atomic E-state index is 7.49. The van der Waals surface area contributed by atoms with E-state index in [9.17, 15) is 0 Å². The smallest absolute Gasteiger partial charge is 0.0311 e. The number of rotatable bonds is 2. The summed E-state index contributed by atoms with van der Waals surface area (Å²) in [5.74, 6) is 0.615. The van der Waals surface area contributed by atoms with Crippen LogP contribution in [0.3, 0.4) is 0 Å². The Hall–Kier alpha value is -1.15. The number of hydrogen-bond donors (Lipinski definition) is 2. The van der Waals surface area contributed by atoms with Crippen LogP contribution in [-0.4, -0.2) is 11.8 Å². The number of nitrogens with one attached hydrogen (secondary N) is 1. The highest BCUT2D eigenvalue weighted by atomic mass is 14.6. The van der Waals surface area contributed by atoms with Crippen molar-refractivity contribution in [2.45, 2.75) is 31.7 Å². The second-order valence-corrected chi connectivity index (χ2v) is 4.42. The third kappa shape index (κ3) is 2.90. The molecule has 0 aromatic carbocycles. The minimum absolute atomic E-state index is 0.212. The van der Waals surface area contributed by atoms with Gasteiger partial charge in [0.15, 0.2) is 0 Å². The Labute approximate surface area is 91.1 Å². The van der Waals surface area contributed by atoms with E-state index in [-0.39, 0.29) is 6.04 Å². The van der Waals surface area contributed by atoms with Gasteiger partial charge in [-0.05, 0) is 37.7 Å². The van der Waals surface area contributed by atoms with E-state index in [0.717, 1.165) is 31.4 Å². The lowest BCUT2D eigenvalue weighted by Crippen LogP contribution is -2.18. The lowest BCUT2D eigenvalue weighted by molar-refractivity contribution is 0.593. The minimum Gasteiger partial charge on any atom is -0.324 e. The molecule has 0 saturated heterocycles. The normalized spacial score (nSPS) is 30.5. The van der Waals surface area contributed by atoms with E-state index < -0.39 is 0 Å². The molecule has 0 heterocycles. The summed E-state index contributed by atoms with van der Waals surface area (Å²) in [6, 6.07) is 0.212. The van der Waals surface area contributed by atoms with E-state index >= 15 is 0 Å². The predicted octanol–water partition coefficient (Wildman–Crippen LogP) is 2.58. The molecule has 0 fully saturated rings. The molecule has 0 saturated carbocycles. The molecule has 0 aliphatic heterocycles. The van der Waals surface area contributed by atoms with E-state index in [0.29, 0.717) is 5.92 Å². The summed E-state index contributed by atoms with van der Waals surface area (Å²) in [5.41, 5.74) is 7.94. The summed E-state index contributed by atoms with van der Waals surface area (Å²) in [5, 5.41) is 7.49. The predicted molar refractivity (Wildman–Crippen MR) is 64.0 cm³/mol. The summed E-state index contributed by atoms with van der Waals surface area (Å²) < 4.78 is 0. The molecule has 15 heavy (non-hydrogen) atoms. The van der Waals surface area contributed by atoms with Crippen molar-refractivity contribution in [2.75, 3.05) is 0 Å². The molecule has 2 aliphatic carbocycles.